The molecule has 1 unspecified atom stereocenters. The maximum atomic E-state index is 11.2. The largest absolute Gasteiger partial charge is 0.363 e. The van der Waals surface area contributed by atoms with Crippen LogP contribution in [-0.4, -0.2) is 32.8 Å². The highest BCUT2D eigenvalue weighted by molar-refractivity contribution is 7.99. The van der Waals surface area contributed by atoms with E-state index in [4.69, 9.17) is 0 Å². The van der Waals surface area contributed by atoms with E-state index in [0.717, 1.165) is 6.42 Å². The number of nitro groups is 1. The minimum atomic E-state index is -0.343. The van der Waals surface area contributed by atoms with Crippen molar-refractivity contribution in [1.82, 2.24) is 9.78 Å². The van der Waals surface area contributed by atoms with Gasteiger partial charge in [-0.1, -0.05) is 20.3 Å². The maximum Gasteiger partial charge on any atom is 0.333 e. The van der Waals surface area contributed by atoms with Crippen molar-refractivity contribution in [2.24, 2.45) is 7.05 Å². The average molecular weight is 272 g/mol. The van der Waals surface area contributed by atoms with Crippen molar-refractivity contribution in [1.29, 1.82) is 0 Å². The summed E-state index contributed by atoms with van der Waals surface area (Å²) in [6, 6.07) is 0. The predicted molar refractivity (Wildman–Crippen MR) is 75.3 cm³/mol. The summed E-state index contributed by atoms with van der Waals surface area (Å²) < 4.78 is 1.57. The summed E-state index contributed by atoms with van der Waals surface area (Å²) in [5, 5.41) is 18.9. The molecule has 0 saturated heterocycles. The molecular weight excluding hydrogens is 252 g/mol. The Kier molecular flexibility index (Phi) is 5.46. The second kappa shape index (κ2) is 6.63. The Labute approximate surface area is 111 Å². The molecule has 1 N–H and O–H groups in total. The Morgan fingerprint density at radius 1 is 1.61 bits per heavy atom. The second-order valence-corrected chi connectivity index (χ2v) is 5.48. The third-order valence-electron chi connectivity index (χ3n) is 2.72. The molecule has 1 aromatic rings. The fourth-order valence-corrected chi connectivity index (χ4v) is 1.94. The minimum Gasteiger partial charge on any atom is -0.363 e. The first-order valence-corrected chi connectivity index (χ1v) is 7.26. The molecule has 1 rings (SSSR count). The first-order valence-electron chi connectivity index (χ1n) is 5.98. The van der Waals surface area contributed by atoms with Gasteiger partial charge in [0.25, 0.3) is 0 Å². The molecule has 0 fully saturated rings. The fraction of sp³-hybridized carbons (Fsp3) is 0.727. The Morgan fingerprint density at radius 2 is 2.28 bits per heavy atom. The van der Waals surface area contributed by atoms with Crippen molar-refractivity contribution in [3.8, 4) is 0 Å². The Morgan fingerprint density at radius 3 is 2.78 bits per heavy atom. The van der Waals surface area contributed by atoms with Crippen LogP contribution in [0.15, 0.2) is 0 Å². The number of hydrogen-bond donors (Lipinski definition) is 1. The van der Waals surface area contributed by atoms with Crippen molar-refractivity contribution in [2.75, 3.05) is 18.1 Å². The molecule has 0 amide bonds. The van der Waals surface area contributed by atoms with Crippen LogP contribution >= 0.6 is 11.8 Å². The number of nitrogens with one attached hydrogen (secondary N) is 1. The minimum absolute atomic E-state index is 0.118. The van der Waals surface area contributed by atoms with Crippen LogP contribution in [0.25, 0.3) is 0 Å². The van der Waals surface area contributed by atoms with E-state index in [1.54, 1.807) is 23.5 Å². The zero-order chi connectivity index (χ0) is 13.7. The maximum absolute atomic E-state index is 11.2. The molecule has 0 aromatic carbocycles. The molecule has 0 radical (unpaired) electrons. The van der Waals surface area contributed by atoms with Crippen LogP contribution in [0.4, 0.5) is 11.5 Å². The molecule has 0 spiro atoms. The van der Waals surface area contributed by atoms with Gasteiger partial charge in [0.2, 0.25) is 5.82 Å². The van der Waals surface area contributed by atoms with Crippen molar-refractivity contribution in [3.05, 3.63) is 15.8 Å². The normalized spacial score (nSPS) is 12.4. The van der Waals surface area contributed by atoms with Crippen LogP contribution in [0.5, 0.6) is 0 Å². The zero-order valence-corrected chi connectivity index (χ0v) is 12.1. The van der Waals surface area contributed by atoms with Gasteiger partial charge in [-0.15, -0.1) is 0 Å². The number of thioether (sulfide) groups is 1. The smallest absolute Gasteiger partial charge is 0.333 e. The molecule has 0 aliphatic heterocycles. The van der Waals surface area contributed by atoms with Crippen LogP contribution in [0.2, 0.25) is 0 Å². The van der Waals surface area contributed by atoms with E-state index in [0.29, 0.717) is 29.7 Å². The summed E-state index contributed by atoms with van der Waals surface area (Å²) in [4.78, 5) is 10.8. The van der Waals surface area contributed by atoms with Gasteiger partial charge in [0.05, 0.1) is 4.92 Å². The number of rotatable bonds is 7. The van der Waals surface area contributed by atoms with Crippen molar-refractivity contribution < 1.29 is 4.92 Å². The van der Waals surface area contributed by atoms with E-state index in [2.05, 4.69) is 17.3 Å². The van der Waals surface area contributed by atoms with Gasteiger partial charge in [-0.25, -0.2) is 4.68 Å². The van der Waals surface area contributed by atoms with Gasteiger partial charge in [0.15, 0.2) is 0 Å². The molecule has 0 aliphatic carbocycles. The van der Waals surface area contributed by atoms with Gasteiger partial charge in [-0.05, 0) is 12.7 Å². The highest BCUT2D eigenvalue weighted by atomic mass is 32.2. The quantitative estimate of drug-likeness (QED) is 0.609. The predicted octanol–water partition coefficient (Wildman–Crippen LogP) is 2.44. The van der Waals surface area contributed by atoms with Gasteiger partial charge in [0, 0.05) is 18.8 Å². The average Bonchev–Trinajstić information content (AvgIpc) is 2.63. The molecule has 1 atom stereocenters. The third-order valence-corrected chi connectivity index (χ3v) is 3.69. The van der Waals surface area contributed by atoms with Gasteiger partial charge in [0.1, 0.15) is 5.69 Å². The highest BCUT2D eigenvalue weighted by Crippen LogP contribution is 2.29. The number of aryl methyl sites for hydroxylation is 2. The highest BCUT2D eigenvalue weighted by Gasteiger charge is 2.25. The first-order chi connectivity index (χ1) is 8.51. The topological polar surface area (TPSA) is 73.0 Å². The lowest BCUT2D eigenvalue weighted by atomic mass is 10.2. The summed E-state index contributed by atoms with van der Waals surface area (Å²) in [6.07, 6.45) is 3.49. The molecule has 102 valence electrons. The monoisotopic (exact) mass is 272 g/mol. The summed E-state index contributed by atoms with van der Waals surface area (Å²) in [6.45, 7) is 4.75. The van der Waals surface area contributed by atoms with E-state index in [1.807, 2.05) is 13.2 Å². The standard InChI is InChI=1S/C11H20N4O2S/c1-5-6-9-10(15(16)17)11(14(3)13-9)12-7-8(2)18-4/h8,12H,5-7H2,1-4H3. The lowest BCUT2D eigenvalue weighted by Gasteiger charge is -2.10. The molecule has 18 heavy (non-hydrogen) atoms. The van der Waals surface area contributed by atoms with Gasteiger partial charge in [-0.2, -0.15) is 16.9 Å². The number of anilines is 1. The second-order valence-electron chi connectivity index (χ2n) is 4.20. The van der Waals surface area contributed by atoms with E-state index in [1.165, 1.54) is 0 Å². The molecule has 0 bridgehead atoms. The lowest BCUT2D eigenvalue weighted by Crippen LogP contribution is -2.15. The number of aromatic nitrogens is 2. The molecule has 7 heteroatoms. The summed E-state index contributed by atoms with van der Waals surface area (Å²) in [7, 11) is 1.73. The number of nitrogens with zero attached hydrogens (tertiary/aromatic N) is 3. The fourth-order valence-electron chi connectivity index (χ4n) is 1.69. The summed E-state index contributed by atoms with van der Waals surface area (Å²) >= 11 is 1.72. The van der Waals surface area contributed by atoms with Crippen LogP contribution in [0.1, 0.15) is 26.0 Å². The van der Waals surface area contributed by atoms with Crippen LogP contribution in [0.3, 0.4) is 0 Å². The third kappa shape index (κ3) is 3.38. The molecular formula is C11H20N4O2S. The van der Waals surface area contributed by atoms with Crippen LogP contribution < -0.4 is 5.32 Å². The summed E-state index contributed by atoms with van der Waals surface area (Å²) in [5.41, 5.74) is 0.678. The van der Waals surface area contributed by atoms with Gasteiger partial charge >= 0.3 is 5.69 Å². The molecule has 6 nitrogen and oxygen atoms in total. The Bertz CT molecular complexity index is 419. The number of hydrogen-bond acceptors (Lipinski definition) is 5. The zero-order valence-electron chi connectivity index (χ0n) is 11.3. The molecule has 0 aliphatic rings. The van der Waals surface area contributed by atoms with Crippen LogP contribution in [0, 0.1) is 10.1 Å². The van der Waals surface area contributed by atoms with Gasteiger partial charge in [-0.3, -0.25) is 10.1 Å². The molecule has 0 saturated carbocycles. The molecule has 1 heterocycles. The van der Waals surface area contributed by atoms with Gasteiger partial charge < -0.3 is 5.32 Å². The Balaban J connectivity index is 2.98. The summed E-state index contributed by atoms with van der Waals surface area (Å²) in [5.74, 6) is 0.504. The van der Waals surface area contributed by atoms with E-state index < -0.39 is 0 Å². The lowest BCUT2D eigenvalue weighted by molar-refractivity contribution is -0.384. The van der Waals surface area contributed by atoms with E-state index in [-0.39, 0.29) is 10.6 Å². The Hall–Kier alpha value is -1.24. The van der Waals surface area contributed by atoms with Crippen molar-refractivity contribution in [3.63, 3.8) is 0 Å². The van der Waals surface area contributed by atoms with Crippen molar-refractivity contribution >= 4 is 23.3 Å². The van der Waals surface area contributed by atoms with E-state index in [9.17, 15) is 10.1 Å². The molecule has 1 aromatic heterocycles. The van der Waals surface area contributed by atoms with Crippen molar-refractivity contribution in [2.45, 2.75) is 31.9 Å². The first kappa shape index (κ1) is 14.8. The van der Waals surface area contributed by atoms with E-state index >= 15 is 0 Å². The SMILES string of the molecule is CCCc1nn(C)c(NCC(C)SC)c1[N+](=O)[O-]. The van der Waals surface area contributed by atoms with Crippen LogP contribution in [-0.2, 0) is 13.5 Å².